The SMILES string of the molecule is CC(C)NC(=O)NC(=O)[C@H](C)OC(=O)c1ccccc1NS(C)(=O)=O. The third-order valence-corrected chi connectivity index (χ3v) is 3.34. The smallest absolute Gasteiger partial charge is 0.341 e. The molecule has 0 aliphatic carbocycles. The lowest BCUT2D eigenvalue weighted by molar-refractivity contribution is -0.127. The molecule has 0 aliphatic rings. The molecular formula is C15H21N3O6S. The van der Waals surface area contributed by atoms with Crippen LogP contribution in [0.3, 0.4) is 0 Å². The highest BCUT2D eigenvalue weighted by atomic mass is 32.2. The van der Waals surface area contributed by atoms with Crippen LogP contribution in [0.1, 0.15) is 31.1 Å². The Morgan fingerprint density at radius 2 is 1.68 bits per heavy atom. The van der Waals surface area contributed by atoms with Crippen LogP contribution in [0.5, 0.6) is 0 Å². The third kappa shape index (κ3) is 7.21. The van der Waals surface area contributed by atoms with Gasteiger partial charge in [-0.1, -0.05) is 12.1 Å². The quantitative estimate of drug-likeness (QED) is 0.635. The van der Waals surface area contributed by atoms with Gasteiger partial charge in [-0.25, -0.2) is 18.0 Å². The fourth-order valence-corrected chi connectivity index (χ4v) is 2.32. The number of carbonyl (C=O) groups is 3. The maximum absolute atomic E-state index is 12.2. The van der Waals surface area contributed by atoms with Crippen molar-refractivity contribution in [1.82, 2.24) is 10.6 Å². The Balaban J connectivity index is 2.79. The predicted octanol–water partition coefficient (Wildman–Crippen LogP) is 0.838. The van der Waals surface area contributed by atoms with Gasteiger partial charge in [-0.3, -0.25) is 14.8 Å². The lowest BCUT2D eigenvalue weighted by atomic mass is 10.2. The van der Waals surface area contributed by atoms with Crippen molar-refractivity contribution in [2.75, 3.05) is 11.0 Å². The fraction of sp³-hybridized carbons (Fsp3) is 0.400. The van der Waals surface area contributed by atoms with Crippen LogP contribution < -0.4 is 15.4 Å². The van der Waals surface area contributed by atoms with Crippen LogP contribution in [-0.2, 0) is 19.6 Å². The summed E-state index contributed by atoms with van der Waals surface area (Å²) < 4.78 is 29.9. The van der Waals surface area contributed by atoms with Crippen molar-refractivity contribution >= 4 is 33.6 Å². The second-order valence-electron chi connectivity index (χ2n) is 5.58. The second-order valence-corrected chi connectivity index (χ2v) is 7.33. The minimum Gasteiger partial charge on any atom is -0.449 e. The van der Waals surface area contributed by atoms with Gasteiger partial charge in [0.2, 0.25) is 10.0 Å². The molecule has 0 radical (unpaired) electrons. The van der Waals surface area contributed by atoms with Gasteiger partial charge in [0.05, 0.1) is 17.5 Å². The van der Waals surface area contributed by atoms with Gasteiger partial charge in [0.1, 0.15) is 0 Å². The summed E-state index contributed by atoms with van der Waals surface area (Å²) in [7, 11) is -3.60. The molecular weight excluding hydrogens is 350 g/mol. The van der Waals surface area contributed by atoms with Crippen LogP contribution in [0.4, 0.5) is 10.5 Å². The zero-order valence-electron chi connectivity index (χ0n) is 14.3. The highest BCUT2D eigenvalue weighted by Gasteiger charge is 2.23. The fourth-order valence-electron chi connectivity index (χ4n) is 1.74. The number of hydrogen-bond donors (Lipinski definition) is 3. The van der Waals surface area contributed by atoms with Crippen molar-refractivity contribution < 1.29 is 27.5 Å². The van der Waals surface area contributed by atoms with Crippen molar-refractivity contribution in [3.8, 4) is 0 Å². The van der Waals surface area contributed by atoms with E-state index in [1.165, 1.54) is 31.2 Å². The monoisotopic (exact) mass is 371 g/mol. The normalized spacial score (nSPS) is 12.2. The number of nitrogens with one attached hydrogen (secondary N) is 3. The van der Waals surface area contributed by atoms with E-state index in [4.69, 9.17) is 4.74 Å². The molecule has 9 nitrogen and oxygen atoms in total. The molecule has 1 atom stereocenters. The van der Waals surface area contributed by atoms with Gasteiger partial charge in [0.25, 0.3) is 5.91 Å². The zero-order chi connectivity index (χ0) is 19.2. The van der Waals surface area contributed by atoms with Crippen molar-refractivity contribution in [2.45, 2.75) is 32.9 Å². The highest BCUT2D eigenvalue weighted by molar-refractivity contribution is 7.92. The molecule has 0 saturated heterocycles. The molecule has 0 heterocycles. The first-order valence-electron chi connectivity index (χ1n) is 7.38. The molecule has 10 heteroatoms. The number of anilines is 1. The Hall–Kier alpha value is -2.62. The van der Waals surface area contributed by atoms with Gasteiger partial charge in [-0.15, -0.1) is 0 Å². The first-order valence-corrected chi connectivity index (χ1v) is 9.28. The molecule has 0 unspecified atom stereocenters. The Bertz CT molecular complexity index is 760. The number of benzene rings is 1. The number of hydrogen-bond acceptors (Lipinski definition) is 6. The summed E-state index contributed by atoms with van der Waals surface area (Å²) in [6, 6.07) is 4.92. The topological polar surface area (TPSA) is 131 Å². The van der Waals surface area contributed by atoms with E-state index in [9.17, 15) is 22.8 Å². The van der Waals surface area contributed by atoms with Gasteiger partial charge < -0.3 is 10.1 Å². The molecule has 0 aliphatic heterocycles. The van der Waals surface area contributed by atoms with Gasteiger partial charge >= 0.3 is 12.0 Å². The summed E-state index contributed by atoms with van der Waals surface area (Å²) in [5, 5.41) is 4.50. The van der Waals surface area contributed by atoms with Gasteiger partial charge in [-0.05, 0) is 32.9 Å². The second kappa shape index (κ2) is 8.47. The molecule has 138 valence electrons. The minimum atomic E-state index is -3.60. The Morgan fingerprint density at radius 3 is 2.24 bits per heavy atom. The summed E-state index contributed by atoms with van der Waals surface area (Å²) >= 11 is 0. The van der Waals surface area contributed by atoms with Gasteiger partial charge in [0, 0.05) is 6.04 Å². The molecule has 0 saturated carbocycles. The van der Waals surface area contributed by atoms with E-state index in [0.29, 0.717) is 0 Å². The van der Waals surface area contributed by atoms with E-state index in [1.54, 1.807) is 13.8 Å². The first kappa shape index (κ1) is 20.4. The van der Waals surface area contributed by atoms with E-state index in [2.05, 4.69) is 10.0 Å². The van der Waals surface area contributed by atoms with Crippen molar-refractivity contribution in [3.63, 3.8) is 0 Å². The minimum absolute atomic E-state index is 0.0279. The standard InChI is InChI=1S/C15H21N3O6S/c1-9(2)16-15(21)17-13(19)10(3)24-14(20)11-7-5-6-8-12(11)18-25(4,22)23/h5-10,18H,1-4H3,(H2,16,17,19,21)/t10-/m0/s1. The molecule has 0 bridgehead atoms. The van der Waals surface area contributed by atoms with Crippen molar-refractivity contribution in [2.24, 2.45) is 0 Å². The van der Waals surface area contributed by atoms with Crippen LogP contribution in [0, 0.1) is 0 Å². The van der Waals surface area contributed by atoms with Gasteiger partial charge in [0.15, 0.2) is 6.10 Å². The number of carbonyl (C=O) groups excluding carboxylic acids is 3. The highest BCUT2D eigenvalue weighted by Crippen LogP contribution is 2.18. The molecule has 3 amide bonds. The largest absolute Gasteiger partial charge is 0.449 e. The Labute approximate surface area is 146 Å². The van der Waals surface area contributed by atoms with Crippen LogP contribution in [0.25, 0.3) is 0 Å². The molecule has 25 heavy (non-hydrogen) atoms. The van der Waals surface area contributed by atoms with Crippen LogP contribution in [0.2, 0.25) is 0 Å². The van der Waals surface area contributed by atoms with Crippen LogP contribution in [-0.4, -0.2) is 44.7 Å². The number of imide groups is 1. The van der Waals surface area contributed by atoms with E-state index < -0.39 is 34.0 Å². The summed E-state index contributed by atoms with van der Waals surface area (Å²) in [6.45, 7) is 4.74. The average molecular weight is 371 g/mol. The number of ether oxygens (including phenoxy) is 1. The molecule has 0 spiro atoms. The summed E-state index contributed by atoms with van der Waals surface area (Å²) in [6.07, 6.45) is -0.310. The summed E-state index contributed by atoms with van der Waals surface area (Å²) in [5.41, 5.74) is -0.0284. The molecule has 1 rings (SSSR count). The van der Waals surface area contributed by atoms with Gasteiger partial charge in [-0.2, -0.15) is 0 Å². The zero-order valence-corrected chi connectivity index (χ0v) is 15.1. The number of esters is 1. The lowest BCUT2D eigenvalue weighted by Crippen LogP contribution is -2.46. The summed E-state index contributed by atoms with van der Waals surface area (Å²) in [5.74, 6) is -1.71. The summed E-state index contributed by atoms with van der Waals surface area (Å²) in [4.78, 5) is 35.5. The number of urea groups is 1. The van der Waals surface area contributed by atoms with E-state index >= 15 is 0 Å². The molecule has 1 aromatic carbocycles. The maximum atomic E-state index is 12.2. The molecule has 1 aromatic rings. The number of sulfonamides is 1. The number of amides is 3. The number of para-hydroxylation sites is 1. The van der Waals surface area contributed by atoms with E-state index in [0.717, 1.165) is 6.26 Å². The molecule has 0 aromatic heterocycles. The van der Waals surface area contributed by atoms with Crippen molar-refractivity contribution in [3.05, 3.63) is 29.8 Å². The van der Waals surface area contributed by atoms with E-state index in [-0.39, 0.29) is 17.3 Å². The maximum Gasteiger partial charge on any atom is 0.341 e. The third-order valence-electron chi connectivity index (χ3n) is 2.75. The predicted molar refractivity (Wildman–Crippen MR) is 91.6 cm³/mol. The molecule has 0 fully saturated rings. The van der Waals surface area contributed by atoms with Crippen LogP contribution in [0.15, 0.2) is 24.3 Å². The van der Waals surface area contributed by atoms with Crippen molar-refractivity contribution in [1.29, 1.82) is 0 Å². The lowest BCUT2D eigenvalue weighted by Gasteiger charge is -2.15. The molecule has 3 N–H and O–H groups in total. The Kier molecular flexibility index (Phi) is 6.92. The van der Waals surface area contributed by atoms with Crippen LogP contribution >= 0.6 is 0 Å². The number of rotatable bonds is 6. The first-order chi connectivity index (χ1) is 11.5. The van der Waals surface area contributed by atoms with E-state index in [1.807, 2.05) is 5.32 Å². The average Bonchev–Trinajstić information content (AvgIpc) is 2.44. The Morgan fingerprint density at radius 1 is 1.08 bits per heavy atom.